The maximum atomic E-state index is 12.4. The lowest BCUT2D eigenvalue weighted by molar-refractivity contribution is 0.1000. The lowest BCUT2D eigenvalue weighted by atomic mass is 9.97. The van der Waals surface area contributed by atoms with Crippen LogP contribution in [0.25, 0.3) is 11.1 Å². The SMILES string of the molecule is C=CCn1c(C)c(C(N)=O)c(-c2cccc(Oc3ccccc3)c2)c1CCCCC. The van der Waals surface area contributed by atoms with Crippen molar-refractivity contribution < 1.29 is 9.53 Å². The highest BCUT2D eigenvalue weighted by Crippen LogP contribution is 2.36. The minimum atomic E-state index is -0.406. The molecule has 0 saturated carbocycles. The number of aromatic nitrogens is 1. The molecule has 156 valence electrons. The molecule has 1 aromatic heterocycles. The molecule has 2 N–H and O–H groups in total. The maximum Gasteiger partial charge on any atom is 0.251 e. The number of benzene rings is 2. The maximum absolute atomic E-state index is 12.4. The van der Waals surface area contributed by atoms with Crippen LogP contribution in [0, 0.1) is 6.92 Å². The summed E-state index contributed by atoms with van der Waals surface area (Å²) in [5, 5.41) is 0. The van der Waals surface area contributed by atoms with E-state index in [2.05, 4.69) is 18.1 Å². The van der Waals surface area contributed by atoms with Crippen LogP contribution in [0.2, 0.25) is 0 Å². The lowest BCUT2D eigenvalue weighted by Crippen LogP contribution is -2.13. The van der Waals surface area contributed by atoms with Crippen LogP contribution in [0.1, 0.15) is 47.9 Å². The summed E-state index contributed by atoms with van der Waals surface area (Å²) in [6.45, 7) is 8.69. The van der Waals surface area contributed by atoms with Crippen LogP contribution in [-0.2, 0) is 13.0 Å². The van der Waals surface area contributed by atoms with Gasteiger partial charge in [-0.15, -0.1) is 6.58 Å². The molecule has 0 unspecified atom stereocenters. The summed E-state index contributed by atoms with van der Waals surface area (Å²) in [4.78, 5) is 12.4. The van der Waals surface area contributed by atoms with Gasteiger partial charge in [0.15, 0.2) is 0 Å². The molecular formula is C26H30N2O2. The van der Waals surface area contributed by atoms with E-state index in [-0.39, 0.29) is 0 Å². The van der Waals surface area contributed by atoms with Crippen molar-refractivity contribution in [3.8, 4) is 22.6 Å². The van der Waals surface area contributed by atoms with Crippen LogP contribution in [0.5, 0.6) is 11.5 Å². The molecule has 4 nitrogen and oxygen atoms in total. The molecule has 0 fully saturated rings. The molecule has 1 amide bonds. The van der Waals surface area contributed by atoms with E-state index in [4.69, 9.17) is 10.5 Å². The third-order valence-electron chi connectivity index (χ3n) is 5.31. The molecule has 4 heteroatoms. The summed E-state index contributed by atoms with van der Waals surface area (Å²) in [7, 11) is 0. The average Bonchev–Trinajstić information content (AvgIpc) is 3.01. The molecule has 0 atom stereocenters. The van der Waals surface area contributed by atoms with Crippen LogP contribution in [0.4, 0.5) is 0 Å². The molecule has 30 heavy (non-hydrogen) atoms. The Kier molecular flexibility index (Phi) is 7.12. The minimum absolute atomic E-state index is 0.406. The average molecular weight is 403 g/mol. The second-order valence-corrected chi connectivity index (χ2v) is 7.45. The van der Waals surface area contributed by atoms with Crippen molar-refractivity contribution in [2.24, 2.45) is 5.73 Å². The number of allylic oxidation sites excluding steroid dienone is 1. The number of rotatable bonds is 10. The van der Waals surface area contributed by atoms with Crippen molar-refractivity contribution in [3.05, 3.63) is 84.2 Å². The standard InChI is InChI=1S/C26H30N2O2/c1-4-6-8-16-23-25(24(26(27)29)19(3)28(23)17-5-2)20-12-11-15-22(18-20)30-21-13-9-7-10-14-21/h5,7,9-15,18H,2,4,6,8,16-17H2,1,3H3,(H2,27,29). The summed E-state index contributed by atoms with van der Waals surface area (Å²) in [6.07, 6.45) is 6.08. The Hall–Kier alpha value is -3.27. The molecule has 0 radical (unpaired) electrons. The Morgan fingerprint density at radius 3 is 2.50 bits per heavy atom. The number of carbonyl (C=O) groups is 1. The first-order valence-corrected chi connectivity index (χ1v) is 10.5. The van der Waals surface area contributed by atoms with Crippen molar-refractivity contribution in [3.63, 3.8) is 0 Å². The highest BCUT2D eigenvalue weighted by atomic mass is 16.5. The summed E-state index contributed by atoms with van der Waals surface area (Å²) >= 11 is 0. The normalized spacial score (nSPS) is 10.7. The van der Waals surface area contributed by atoms with Crippen molar-refractivity contribution in [2.75, 3.05) is 0 Å². The van der Waals surface area contributed by atoms with E-state index in [0.29, 0.717) is 12.1 Å². The van der Waals surface area contributed by atoms with E-state index in [0.717, 1.165) is 59.7 Å². The fraction of sp³-hybridized carbons (Fsp3) is 0.269. The van der Waals surface area contributed by atoms with Gasteiger partial charge in [0.2, 0.25) is 0 Å². The number of ether oxygens (including phenoxy) is 1. The largest absolute Gasteiger partial charge is 0.457 e. The van der Waals surface area contributed by atoms with Crippen LogP contribution in [0.3, 0.4) is 0 Å². The van der Waals surface area contributed by atoms with Gasteiger partial charge in [0.1, 0.15) is 11.5 Å². The Morgan fingerprint density at radius 2 is 1.83 bits per heavy atom. The monoisotopic (exact) mass is 402 g/mol. The van der Waals surface area contributed by atoms with Crippen molar-refractivity contribution in [2.45, 2.75) is 46.1 Å². The van der Waals surface area contributed by atoms with E-state index in [1.54, 1.807) is 0 Å². The number of primary amides is 1. The Bertz CT molecular complexity index is 1020. The highest BCUT2D eigenvalue weighted by molar-refractivity contribution is 6.02. The second-order valence-electron chi connectivity index (χ2n) is 7.45. The van der Waals surface area contributed by atoms with Crippen molar-refractivity contribution >= 4 is 5.91 Å². The Labute approximate surface area is 179 Å². The van der Waals surface area contributed by atoms with E-state index < -0.39 is 5.91 Å². The number of carbonyl (C=O) groups excluding carboxylic acids is 1. The predicted molar refractivity (Wildman–Crippen MR) is 123 cm³/mol. The molecule has 0 bridgehead atoms. The summed E-state index contributed by atoms with van der Waals surface area (Å²) < 4.78 is 8.19. The van der Waals surface area contributed by atoms with Gasteiger partial charge in [-0.05, 0) is 49.6 Å². The zero-order valence-electron chi connectivity index (χ0n) is 17.9. The van der Waals surface area contributed by atoms with Gasteiger partial charge in [-0.3, -0.25) is 4.79 Å². The van der Waals surface area contributed by atoms with Gasteiger partial charge in [0.05, 0.1) is 5.56 Å². The first kappa shape index (κ1) is 21.4. The highest BCUT2D eigenvalue weighted by Gasteiger charge is 2.24. The van der Waals surface area contributed by atoms with Crippen LogP contribution in [0.15, 0.2) is 67.3 Å². The topological polar surface area (TPSA) is 57.2 Å². The number of unbranched alkanes of at least 4 members (excludes halogenated alkanes) is 2. The van der Waals surface area contributed by atoms with Crippen LogP contribution < -0.4 is 10.5 Å². The van der Waals surface area contributed by atoms with Crippen molar-refractivity contribution in [1.82, 2.24) is 4.57 Å². The van der Waals surface area contributed by atoms with Gasteiger partial charge >= 0.3 is 0 Å². The summed E-state index contributed by atoms with van der Waals surface area (Å²) in [6, 6.07) is 17.5. The molecule has 1 heterocycles. The van der Waals surface area contributed by atoms with Gasteiger partial charge in [-0.25, -0.2) is 0 Å². The molecule has 0 aliphatic carbocycles. The summed E-state index contributed by atoms with van der Waals surface area (Å²) in [5.41, 5.74) is 10.3. The molecule has 3 rings (SSSR count). The van der Waals surface area contributed by atoms with Crippen molar-refractivity contribution in [1.29, 1.82) is 0 Å². The van der Waals surface area contributed by atoms with Crippen LogP contribution in [-0.4, -0.2) is 10.5 Å². The van der Waals surface area contributed by atoms with E-state index in [9.17, 15) is 4.79 Å². The van der Waals surface area contributed by atoms with E-state index in [1.165, 1.54) is 0 Å². The second kappa shape index (κ2) is 9.97. The van der Waals surface area contributed by atoms with Gasteiger partial charge in [0, 0.05) is 23.5 Å². The summed E-state index contributed by atoms with van der Waals surface area (Å²) in [5.74, 6) is 1.09. The zero-order valence-corrected chi connectivity index (χ0v) is 17.9. The minimum Gasteiger partial charge on any atom is -0.457 e. The number of hydrogen-bond donors (Lipinski definition) is 1. The Balaban J connectivity index is 2.11. The van der Waals surface area contributed by atoms with Gasteiger partial charge in [-0.2, -0.15) is 0 Å². The first-order chi connectivity index (χ1) is 14.6. The number of para-hydroxylation sites is 1. The first-order valence-electron chi connectivity index (χ1n) is 10.5. The molecule has 0 aliphatic rings. The number of nitrogens with two attached hydrogens (primary N) is 1. The van der Waals surface area contributed by atoms with E-state index in [1.807, 2.05) is 67.6 Å². The predicted octanol–water partition coefficient (Wildman–Crippen LogP) is 6.27. The Morgan fingerprint density at radius 1 is 1.10 bits per heavy atom. The van der Waals surface area contributed by atoms with Crippen LogP contribution >= 0.6 is 0 Å². The van der Waals surface area contributed by atoms with Gasteiger partial charge in [-0.1, -0.05) is 56.2 Å². The number of amides is 1. The molecule has 3 aromatic rings. The fourth-order valence-corrected chi connectivity index (χ4v) is 3.93. The molecule has 0 saturated heterocycles. The van der Waals surface area contributed by atoms with E-state index >= 15 is 0 Å². The van der Waals surface area contributed by atoms with Gasteiger partial charge < -0.3 is 15.0 Å². The lowest BCUT2D eigenvalue weighted by Gasteiger charge is -2.12. The fourth-order valence-electron chi connectivity index (χ4n) is 3.93. The van der Waals surface area contributed by atoms with Gasteiger partial charge in [0.25, 0.3) is 5.91 Å². The number of hydrogen-bond acceptors (Lipinski definition) is 2. The quantitative estimate of drug-likeness (QED) is 0.321. The third kappa shape index (κ3) is 4.65. The zero-order chi connectivity index (χ0) is 21.5. The third-order valence-corrected chi connectivity index (χ3v) is 5.31. The smallest absolute Gasteiger partial charge is 0.251 e. The molecule has 0 spiro atoms. The molecule has 0 aliphatic heterocycles. The molecule has 2 aromatic carbocycles. The molecular weight excluding hydrogens is 372 g/mol. The number of nitrogens with zero attached hydrogens (tertiary/aromatic N) is 1.